The van der Waals surface area contributed by atoms with E-state index in [9.17, 15) is 13.2 Å². The molecule has 1 amide bonds. The molecule has 0 spiro atoms. The highest BCUT2D eigenvalue weighted by atomic mass is 35.5. The summed E-state index contributed by atoms with van der Waals surface area (Å²) in [5.74, 6) is 0.535. The van der Waals surface area contributed by atoms with Crippen LogP contribution in [0.5, 0.6) is 0 Å². The minimum absolute atomic E-state index is 0.0141. The van der Waals surface area contributed by atoms with Gasteiger partial charge in [0.2, 0.25) is 5.91 Å². The highest BCUT2D eigenvalue weighted by Gasteiger charge is 2.23. The Morgan fingerprint density at radius 1 is 1.05 bits per heavy atom. The topological polar surface area (TPSA) is 114 Å². The summed E-state index contributed by atoms with van der Waals surface area (Å²) in [6.45, 7) is 5.67. The number of amides is 1. The van der Waals surface area contributed by atoms with Crippen LogP contribution in [0.25, 0.3) is 22.3 Å². The predicted molar refractivity (Wildman–Crippen MR) is 152 cm³/mol. The van der Waals surface area contributed by atoms with E-state index in [2.05, 4.69) is 29.0 Å². The van der Waals surface area contributed by atoms with E-state index in [0.29, 0.717) is 16.9 Å². The van der Waals surface area contributed by atoms with Crippen molar-refractivity contribution in [3.63, 3.8) is 0 Å². The number of hydrogen-bond acceptors (Lipinski definition) is 8. The third kappa shape index (κ3) is 6.35. The second kappa shape index (κ2) is 10.9. The third-order valence-electron chi connectivity index (χ3n) is 6.33. The number of ether oxygens (including phenoxy) is 1. The number of fused-ring (bicyclic) bond motifs is 1. The van der Waals surface area contributed by atoms with Gasteiger partial charge in [-0.2, -0.15) is 0 Å². The molecule has 2 atom stereocenters. The molecule has 0 aliphatic carbocycles. The van der Waals surface area contributed by atoms with Gasteiger partial charge in [0.25, 0.3) is 0 Å². The van der Waals surface area contributed by atoms with Crippen LogP contribution in [0.4, 0.5) is 11.5 Å². The van der Waals surface area contributed by atoms with Crippen LogP contribution in [0.3, 0.4) is 0 Å². The molecule has 202 valence electrons. The van der Waals surface area contributed by atoms with Crippen LogP contribution < -0.4 is 10.2 Å². The van der Waals surface area contributed by atoms with E-state index >= 15 is 0 Å². The van der Waals surface area contributed by atoms with Gasteiger partial charge < -0.3 is 15.0 Å². The first-order valence-corrected chi connectivity index (χ1v) is 14.7. The smallest absolute Gasteiger partial charge is 0.230 e. The zero-order valence-corrected chi connectivity index (χ0v) is 23.3. The highest BCUT2D eigenvalue weighted by molar-refractivity contribution is 7.90. The third-order valence-corrected chi connectivity index (χ3v) is 7.91. The van der Waals surface area contributed by atoms with Gasteiger partial charge in [0, 0.05) is 36.6 Å². The predicted octanol–water partition coefficient (Wildman–Crippen LogP) is 4.54. The van der Waals surface area contributed by atoms with Gasteiger partial charge in [0.05, 0.1) is 51.1 Å². The summed E-state index contributed by atoms with van der Waals surface area (Å²) in [6, 6.07) is 15.9. The summed E-state index contributed by atoms with van der Waals surface area (Å²) in [5.41, 5.74) is 3.02. The lowest BCUT2D eigenvalue weighted by atomic mass is 10.1. The lowest BCUT2D eigenvalue weighted by molar-refractivity contribution is -0.115. The van der Waals surface area contributed by atoms with E-state index < -0.39 is 9.84 Å². The number of carbonyl (C=O) groups excluding carboxylic acids is 1. The molecule has 1 saturated heterocycles. The molecular weight excluding hydrogens is 538 g/mol. The number of morpholine rings is 1. The summed E-state index contributed by atoms with van der Waals surface area (Å²) < 4.78 is 29.7. The lowest BCUT2D eigenvalue weighted by Crippen LogP contribution is -2.45. The zero-order valence-electron chi connectivity index (χ0n) is 21.8. The average Bonchev–Trinajstić information content (AvgIpc) is 2.88. The quantitative estimate of drug-likeness (QED) is 0.362. The monoisotopic (exact) mass is 565 g/mol. The van der Waals surface area contributed by atoms with E-state index in [0.717, 1.165) is 41.9 Å². The fraction of sp³-hybridized carbons (Fsp3) is 0.286. The molecule has 39 heavy (non-hydrogen) atoms. The molecule has 1 N–H and O–H groups in total. The fourth-order valence-corrected chi connectivity index (χ4v) is 5.94. The molecule has 5 rings (SSSR count). The van der Waals surface area contributed by atoms with Crippen molar-refractivity contribution in [2.75, 3.05) is 29.6 Å². The number of hydrogen-bond donors (Lipinski definition) is 1. The normalized spacial score (nSPS) is 17.8. The van der Waals surface area contributed by atoms with Crippen molar-refractivity contribution in [2.24, 2.45) is 0 Å². The first-order chi connectivity index (χ1) is 18.5. The number of nitrogens with zero attached hydrogens (tertiary/aromatic N) is 4. The fourth-order valence-electron chi connectivity index (χ4n) is 4.64. The van der Waals surface area contributed by atoms with Gasteiger partial charge in [-0.05, 0) is 62.4 Å². The Kier molecular flexibility index (Phi) is 7.53. The maximum Gasteiger partial charge on any atom is 0.230 e. The number of aromatic nitrogens is 3. The van der Waals surface area contributed by atoms with Crippen LogP contribution in [0.2, 0.25) is 5.02 Å². The van der Waals surface area contributed by atoms with Gasteiger partial charge in [-0.3, -0.25) is 9.78 Å². The van der Waals surface area contributed by atoms with Crippen LogP contribution in [0, 0.1) is 0 Å². The molecule has 0 bridgehead atoms. The summed E-state index contributed by atoms with van der Waals surface area (Å²) >= 11 is 6.00. The van der Waals surface area contributed by atoms with Crippen LogP contribution >= 0.6 is 11.6 Å². The SMILES string of the molecule is C[C@@H]1CN(c2cccc(-c3ccc4cnc(CC(=O)Nc5ccc(Cl)c(S(C)(=O)=O)c5)cc4n3)n2)C[C@H](C)O1. The van der Waals surface area contributed by atoms with Gasteiger partial charge in [-0.15, -0.1) is 0 Å². The molecule has 4 aromatic rings. The molecule has 1 aliphatic heterocycles. The van der Waals surface area contributed by atoms with Crippen molar-refractivity contribution in [2.45, 2.75) is 37.4 Å². The second-order valence-electron chi connectivity index (χ2n) is 9.75. The molecule has 0 unspecified atom stereocenters. The Morgan fingerprint density at radius 3 is 2.54 bits per heavy atom. The number of halogens is 1. The minimum Gasteiger partial charge on any atom is -0.372 e. The first kappa shape index (κ1) is 27.0. The standard InChI is InChI=1S/C28H28ClN5O4S/c1-17-15-34(16-18(2)38-17)27-6-4-5-23(33-27)24-10-7-19-14-30-21(11-25(19)32-24)13-28(35)31-20-8-9-22(29)26(12-20)39(3,36)37/h4-12,14,17-18H,13,15-16H2,1-3H3,(H,31,35)/t17-,18+. The van der Waals surface area contributed by atoms with Crippen LogP contribution in [0.15, 0.2) is 65.7 Å². The molecule has 0 radical (unpaired) electrons. The average molecular weight is 566 g/mol. The molecule has 11 heteroatoms. The maximum absolute atomic E-state index is 12.7. The molecule has 1 aliphatic rings. The van der Waals surface area contributed by atoms with Crippen molar-refractivity contribution < 1.29 is 17.9 Å². The number of pyridine rings is 3. The Bertz CT molecular complexity index is 1650. The Morgan fingerprint density at radius 2 is 1.79 bits per heavy atom. The van der Waals surface area contributed by atoms with Crippen molar-refractivity contribution in [3.8, 4) is 11.4 Å². The van der Waals surface area contributed by atoms with E-state index in [1.807, 2.05) is 30.3 Å². The molecule has 9 nitrogen and oxygen atoms in total. The van der Waals surface area contributed by atoms with Gasteiger partial charge in [0.15, 0.2) is 9.84 Å². The van der Waals surface area contributed by atoms with E-state index in [1.54, 1.807) is 18.3 Å². The maximum atomic E-state index is 12.7. The van der Waals surface area contributed by atoms with E-state index in [1.165, 1.54) is 12.1 Å². The number of sulfone groups is 1. The van der Waals surface area contributed by atoms with Crippen LogP contribution in [-0.2, 0) is 25.8 Å². The van der Waals surface area contributed by atoms with Crippen LogP contribution in [0.1, 0.15) is 19.5 Å². The van der Waals surface area contributed by atoms with Crippen LogP contribution in [-0.4, -0.2) is 60.8 Å². The molecular formula is C28H28ClN5O4S. The number of nitrogens with one attached hydrogen (secondary N) is 1. The number of carbonyl (C=O) groups is 1. The number of anilines is 2. The summed E-state index contributed by atoms with van der Waals surface area (Å²) in [7, 11) is -3.53. The summed E-state index contributed by atoms with van der Waals surface area (Å²) in [4.78, 5) is 29.0. The second-order valence-corrected chi connectivity index (χ2v) is 12.1. The largest absolute Gasteiger partial charge is 0.372 e. The van der Waals surface area contributed by atoms with Crippen molar-refractivity contribution in [1.82, 2.24) is 15.0 Å². The van der Waals surface area contributed by atoms with Gasteiger partial charge >= 0.3 is 0 Å². The number of rotatable bonds is 6. The molecule has 1 aromatic carbocycles. The van der Waals surface area contributed by atoms with Crippen molar-refractivity contribution in [3.05, 3.63) is 71.5 Å². The van der Waals surface area contributed by atoms with Gasteiger partial charge in [-0.25, -0.2) is 18.4 Å². The Hall–Kier alpha value is -3.60. The zero-order chi connectivity index (χ0) is 27.7. The first-order valence-electron chi connectivity index (χ1n) is 12.5. The lowest BCUT2D eigenvalue weighted by Gasteiger charge is -2.36. The van der Waals surface area contributed by atoms with Crippen molar-refractivity contribution >= 4 is 49.8 Å². The van der Waals surface area contributed by atoms with E-state index in [-0.39, 0.29) is 34.5 Å². The van der Waals surface area contributed by atoms with Gasteiger partial charge in [0.1, 0.15) is 5.82 Å². The van der Waals surface area contributed by atoms with E-state index in [4.69, 9.17) is 26.3 Å². The molecule has 1 fully saturated rings. The highest BCUT2D eigenvalue weighted by Crippen LogP contribution is 2.26. The molecule has 3 aromatic heterocycles. The molecule has 4 heterocycles. The molecule has 0 saturated carbocycles. The van der Waals surface area contributed by atoms with Crippen molar-refractivity contribution in [1.29, 1.82) is 0 Å². The minimum atomic E-state index is -3.53. The summed E-state index contributed by atoms with van der Waals surface area (Å²) in [6.07, 6.45) is 2.99. The number of benzene rings is 1. The van der Waals surface area contributed by atoms with Gasteiger partial charge in [-0.1, -0.05) is 17.7 Å². The summed E-state index contributed by atoms with van der Waals surface area (Å²) in [5, 5.41) is 3.65. The Balaban J connectivity index is 1.35. The Labute approximate surface area is 232 Å².